The molecule has 1 heterocycles. The molecule has 0 aliphatic carbocycles. The lowest BCUT2D eigenvalue weighted by Crippen LogP contribution is -2.34. The van der Waals surface area contributed by atoms with Crippen LogP contribution in [0.15, 0.2) is 14.1 Å². The maximum absolute atomic E-state index is 11.8. The first-order valence-corrected chi connectivity index (χ1v) is 11.4. The molecule has 1 unspecified atom stereocenters. The lowest BCUT2D eigenvalue weighted by molar-refractivity contribution is -0.137. The number of unbranched alkanes of at least 4 members (excludes halogenated alkanes) is 1. The quantitative estimate of drug-likeness (QED) is 0.0840. The first kappa shape index (κ1) is 27.0. The zero-order valence-electron chi connectivity index (χ0n) is 17.1. The van der Waals surface area contributed by atoms with Crippen LogP contribution in [0.25, 0.3) is 10.4 Å². The molecule has 0 N–H and O–H groups in total. The van der Waals surface area contributed by atoms with Gasteiger partial charge >= 0.3 is 0 Å². The fourth-order valence-corrected chi connectivity index (χ4v) is 3.21. The highest BCUT2D eigenvalue weighted by Crippen LogP contribution is 2.28. The lowest BCUT2D eigenvalue weighted by Gasteiger charge is -2.14. The Hall–Kier alpha value is -1.01. The van der Waals surface area contributed by atoms with E-state index in [0.717, 1.165) is 24.2 Å². The number of carbonyl (C=O) groups is 2. The summed E-state index contributed by atoms with van der Waals surface area (Å²) in [5.41, 5.74) is 8.54. The summed E-state index contributed by atoms with van der Waals surface area (Å²) in [6.45, 7) is 5.39. The van der Waals surface area contributed by atoms with E-state index < -0.39 is 0 Å². The molecule has 1 rings (SSSR count). The van der Waals surface area contributed by atoms with Crippen LogP contribution in [0.3, 0.4) is 0 Å². The number of ether oxygens (including phenoxy) is 4. The maximum atomic E-state index is 11.8. The molecule has 0 fully saturated rings. The van der Waals surface area contributed by atoms with E-state index in [4.69, 9.17) is 24.5 Å². The third-order valence-electron chi connectivity index (χ3n) is 4.05. The van der Waals surface area contributed by atoms with Gasteiger partial charge in [-0.1, -0.05) is 24.9 Å². The second-order valence-electron chi connectivity index (χ2n) is 6.30. The van der Waals surface area contributed by atoms with Crippen LogP contribution >= 0.6 is 31.9 Å². The zero-order valence-corrected chi connectivity index (χ0v) is 20.2. The number of amides is 2. The standard InChI is InChI=1S/C18H28Br2N4O6/c1-2-3-4-14(22-23-21)13-30-12-11-29-10-9-28-8-7-27-6-5-24-17(25)15(19)16(20)18(24)26/h14H,2-13H2,1H3. The average Bonchev–Trinajstić information content (AvgIpc) is 2.92. The predicted molar refractivity (Wildman–Crippen MR) is 117 cm³/mol. The second kappa shape index (κ2) is 16.7. The normalized spacial score (nSPS) is 15.1. The second-order valence-corrected chi connectivity index (χ2v) is 7.89. The van der Waals surface area contributed by atoms with Crippen LogP contribution in [0.2, 0.25) is 0 Å². The summed E-state index contributed by atoms with van der Waals surface area (Å²) in [4.78, 5) is 27.6. The van der Waals surface area contributed by atoms with Gasteiger partial charge in [0, 0.05) is 4.91 Å². The van der Waals surface area contributed by atoms with Crippen LogP contribution < -0.4 is 0 Å². The van der Waals surface area contributed by atoms with Crippen LogP contribution in [-0.4, -0.2) is 82.2 Å². The molecule has 30 heavy (non-hydrogen) atoms. The molecule has 0 radical (unpaired) electrons. The van der Waals surface area contributed by atoms with Crippen LogP contribution in [-0.2, 0) is 28.5 Å². The van der Waals surface area contributed by atoms with E-state index in [1.54, 1.807) is 0 Å². The molecule has 170 valence electrons. The van der Waals surface area contributed by atoms with Crippen molar-refractivity contribution in [1.82, 2.24) is 4.90 Å². The number of carbonyl (C=O) groups excluding carboxylic acids is 2. The van der Waals surface area contributed by atoms with E-state index in [1.165, 1.54) is 0 Å². The van der Waals surface area contributed by atoms with Crippen molar-refractivity contribution < 1.29 is 28.5 Å². The van der Waals surface area contributed by atoms with Gasteiger partial charge in [-0.05, 0) is 43.8 Å². The molecule has 1 atom stereocenters. The Bertz CT molecular complexity index is 604. The average molecular weight is 556 g/mol. The Morgan fingerprint density at radius 2 is 1.43 bits per heavy atom. The molecule has 10 nitrogen and oxygen atoms in total. The van der Waals surface area contributed by atoms with Gasteiger partial charge in [0.25, 0.3) is 11.8 Å². The number of halogens is 2. The highest BCUT2D eigenvalue weighted by atomic mass is 79.9. The highest BCUT2D eigenvalue weighted by molar-refractivity contribution is 9.14. The minimum atomic E-state index is -0.373. The first-order chi connectivity index (χ1) is 14.5. The summed E-state index contributed by atoms with van der Waals surface area (Å²) in [6, 6.07) is -0.126. The molecule has 0 bridgehead atoms. The number of hydrogen-bond donors (Lipinski definition) is 0. The van der Waals surface area contributed by atoms with E-state index in [0.29, 0.717) is 46.2 Å². The van der Waals surface area contributed by atoms with Crippen LogP contribution in [0.1, 0.15) is 26.2 Å². The van der Waals surface area contributed by atoms with E-state index in [-0.39, 0.29) is 40.0 Å². The minimum absolute atomic E-state index is 0.126. The van der Waals surface area contributed by atoms with E-state index >= 15 is 0 Å². The molecule has 12 heteroatoms. The van der Waals surface area contributed by atoms with E-state index in [2.05, 4.69) is 48.8 Å². The van der Waals surface area contributed by atoms with E-state index in [1.807, 2.05) is 0 Å². The molecule has 0 saturated heterocycles. The summed E-state index contributed by atoms with van der Waals surface area (Å²) in [5.74, 6) is -0.746. The number of hydrogen-bond acceptors (Lipinski definition) is 7. The fourth-order valence-electron chi connectivity index (χ4n) is 2.44. The highest BCUT2D eigenvalue weighted by Gasteiger charge is 2.35. The van der Waals surface area contributed by atoms with Gasteiger partial charge in [0.05, 0.1) is 65.4 Å². The summed E-state index contributed by atoms with van der Waals surface area (Å²) >= 11 is 6.14. The van der Waals surface area contributed by atoms with Crippen molar-refractivity contribution in [1.29, 1.82) is 0 Å². The van der Waals surface area contributed by atoms with Gasteiger partial charge in [0.1, 0.15) is 8.96 Å². The van der Waals surface area contributed by atoms with Crippen LogP contribution in [0.4, 0.5) is 0 Å². The van der Waals surface area contributed by atoms with Gasteiger partial charge in [0.15, 0.2) is 0 Å². The van der Waals surface area contributed by atoms with Gasteiger partial charge in [-0.3, -0.25) is 14.5 Å². The van der Waals surface area contributed by atoms with Gasteiger partial charge in [-0.2, -0.15) is 0 Å². The lowest BCUT2D eigenvalue weighted by atomic mass is 10.1. The van der Waals surface area contributed by atoms with Crippen LogP contribution in [0, 0.1) is 0 Å². The Morgan fingerprint density at radius 1 is 0.933 bits per heavy atom. The zero-order chi connectivity index (χ0) is 22.2. The maximum Gasteiger partial charge on any atom is 0.269 e. The first-order valence-electron chi connectivity index (χ1n) is 9.79. The molecule has 2 amide bonds. The van der Waals surface area contributed by atoms with Crippen molar-refractivity contribution in [3.63, 3.8) is 0 Å². The smallest absolute Gasteiger partial charge is 0.269 e. The fraction of sp³-hybridized carbons (Fsp3) is 0.778. The van der Waals surface area contributed by atoms with Gasteiger partial charge in [-0.25, -0.2) is 0 Å². The van der Waals surface area contributed by atoms with Crippen LogP contribution in [0.5, 0.6) is 0 Å². The molecule has 0 spiro atoms. The monoisotopic (exact) mass is 554 g/mol. The van der Waals surface area contributed by atoms with Crippen molar-refractivity contribution in [2.24, 2.45) is 5.11 Å². The number of nitrogens with zero attached hydrogens (tertiary/aromatic N) is 4. The molecular formula is C18H28Br2N4O6. The van der Waals surface area contributed by atoms with Gasteiger partial charge < -0.3 is 18.9 Å². The summed E-state index contributed by atoms with van der Waals surface area (Å²) < 4.78 is 22.1. The van der Waals surface area contributed by atoms with Crippen molar-refractivity contribution in [3.05, 3.63) is 19.4 Å². The molecule has 1 aliphatic heterocycles. The number of azide groups is 1. The molecule has 0 saturated carbocycles. The summed E-state index contributed by atoms with van der Waals surface area (Å²) in [7, 11) is 0. The SMILES string of the molecule is CCCCC(COCCOCCOCCOCCN1C(=O)C(Br)=C(Br)C1=O)N=[N+]=[N-]. The molecular weight excluding hydrogens is 528 g/mol. The largest absolute Gasteiger partial charge is 0.379 e. The topological polar surface area (TPSA) is 123 Å². The number of imide groups is 1. The predicted octanol–water partition coefficient (Wildman–Crippen LogP) is 3.29. The Kier molecular flexibility index (Phi) is 15.0. The number of rotatable bonds is 18. The van der Waals surface area contributed by atoms with E-state index in [9.17, 15) is 9.59 Å². The van der Waals surface area contributed by atoms with Crippen molar-refractivity contribution in [2.45, 2.75) is 32.2 Å². The Balaban J connectivity index is 1.91. The Morgan fingerprint density at radius 3 is 1.93 bits per heavy atom. The van der Waals surface area contributed by atoms with Crippen molar-refractivity contribution in [3.8, 4) is 0 Å². The summed E-state index contributed by atoms with van der Waals surface area (Å²) in [5, 5.41) is 3.73. The molecule has 1 aliphatic rings. The molecule has 0 aromatic carbocycles. The van der Waals surface area contributed by atoms with Crippen molar-refractivity contribution >= 4 is 43.7 Å². The molecule has 0 aromatic heterocycles. The van der Waals surface area contributed by atoms with Crippen molar-refractivity contribution in [2.75, 3.05) is 59.4 Å². The summed E-state index contributed by atoms with van der Waals surface area (Å²) in [6.07, 6.45) is 2.89. The molecule has 0 aromatic rings. The third-order valence-corrected chi connectivity index (χ3v) is 6.05. The Labute approximate surface area is 193 Å². The minimum Gasteiger partial charge on any atom is -0.379 e. The van der Waals surface area contributed by atoms with Gasteiger partial charge in [-0.15, -0.1) is 0 Å². The third kappa shape index (κ3) is 10.3. The van der Waals surface area contributed by atoms with Gasteiger partial charge in [0.2, 0.25) is 0 Å².